The highest BCUT2D eigenvalue weighted by atomic mass is 16.1. The van der Waals surface area contributed by atoms with Crippen LogP contribution in [0.15, 0.2) is 91.0 Å². The SMILES string of the molecule is O=C(/C=C/c1ccccc1C=Cc1ccccc1)c1ccccc1. The maximum Gasteiger partial charge on any atom is 0.185 e. The number of hydrogen-bond donors (Lipinski definition) is 0. The molecule has 0 bridgehead atoms. The Morgan fingerprint density at radius 3 is 1.79 bits per heavy atom. The summed E-state index contributed by atoms with van der Waals surface area (Å²) < 4.78 is 0. The quantitative estimate of drug-likeness (QED) is 0.333. The van der Waals surface area contributed by atoms with Crippen molar-refractivity contribution in [2.75, 3.05) is 0 Å². The van der Waals surface area contributed by atoms with Crippen molar-refractivity contribution in [3.8, 4) is 0 Å². The molecule has 1 heteroatoms. The summed E-state index contributed by atoms with van der Waals surface area (Å²) in [5.74, 6) is 0.0115. The van der Waals surface area contributed by atoms with E-state index in [9.17, 15) is 4.79 Å². The van der Waals surface area contributed by atoms with Crippen molar-refractivity contribution < 1.29 is 4.79 Å². The molecule has 0 fully saturated rings. The number of carbonyl (C=O) groups excluding carboxylic acids is 1. The first-order chi connectivity index (χ1) is 11.8. The molecule has 0 spiro atoms. The van der Waals surface area contributed by atoms with Crippen LogP contribution in [0.1, 0.15) is 27.0 Å². The maximum absolute atomic E-state index is 12.2. The highest BCUT2D eigenvalue weighted by molar-refractivity contribution is 6.07. The third kappa shape index (κ3) is 4.17. The van der Waals surface area contributed by atoms with Gasteiger partial charge in [0.15, 0.2) is 5.78 Å². The van der Waals surface area contributed by atoms with Gasteiger partial charge in [0.05, 0.1) is 0 Å². The predicted octanol–water partition coefficient (Wildman–Crippen LogP) is 5.75. The minimum absolute atomic E-state index is 0.0115. The summed E-state index contributed by atoms with van der Waals surface area (Å²) >= 11 is 0. The highest BCUT2D eigenvalue weighted by Gasteiger charge is 2.00. The molecule has 0 saturated carbocycles. The Bertz CT molecular complexity index is 859. The van der Waals surface area contributed by atoms with Gasteiger partial charge in [-0.05, 0) is 22.8 Å². The normalized spacial score (nSPS) is 11.2. The molecule has 0 unspecified atom stereocenters. The molecule has 1 nitrogen and oxygen atoms in total. The summed E-state index contributed by atoms with van der Waals surface area (Å²) in [5, 5.41) is 0. The third-order valence-electron chi connectivity index (χ3n) is 3.72. The molecule has 0 atom stereocenters. The van der Waals surface area contributed by atoms with E-state index in [1.54, 1.807) is 6.08 Å². The minimum Gasteiger partial charge on any atom is -0.289 e. The van der Waals surface area contributed by atoms with Gasteiger partial charge >= 0.3 is 0 Å². The average molecular weight is 310 g/mol. The van der Waals surface area contributed by atoms with E-state index in [1.807, 2.05) is 78.9 Å². The lowest BCUT2D eigenvalue weighted by Crippen LogP contribution is -1.93. The van der Waals surface area contributed by atoms with Crippen molar-refractivity contribution >= 4 is 24.0 Å². The van der Waals surface area contributed by atoms with Gasteiger partial charge in [-0.2, -0.15) is 0 Å². The molecule has 3 aromatic carbocycles. The van der Waals surface area contributed by atoms with E-state index < -0.39 is 0 Å². The fraction of sp³-hybridized carbons (Fsp3) is 0. The zero-order chi connectivity index (χ0) is 16.6. The molecule has 24 heavy (non-hydrogen) atoms. The van der Waals surface area contributed by atoms with Crippen LogP contribution in [0.3, 0.4) is 0 Å². The largest absolute Gasteiger partial charge is 0.289 e. The first-order valence-electron chi connectivity index (χ1n) is 7.92. The molecule has 0 saturated heterocycles. The van der Waals surface area contributed by atoms with Gasteiger partial charge in [0.1, 0.15) is 0 Å². The molecule has 3 rings (SSSR count). The smallest absolute Gasteiger partial charge is 0.185 e. The minimum atomic E-state index is 0.0115. The molecule has 0 aliphatic carbocycles. The standard InChI is InChI=1S/C23H18O/c24-23(22-13-5-2-6-14-22)18-17-21-12-8-7-11-20(21)16-15-19-9-3-1-4-10-19/h1-18H/b16-15?,18-17+. The van der Waals surface area contributed by atoms with Crippen LogP contribution in [0.4, 0.5) is 0 Å². The first kappa shape index (κ1) is 15.7. The van der Waals surface area contributed by atoms with Crippen LogP contribution in [0.25, 0.3) is 18.2 Å². The van der Waals surface area contributed by atoms with Crippen LogP contribution < -0.4 is 0 Å². The van der Waals surface area contributed by atoms with Crippen molar-refractivity contribution in [2.24, 2.45) is 0 Å². The van der Waals surface area contributed by atoms with Crippen LogP contribution in [-0.4, -0.2) is 5.78 Å². The van der Waals surface area contributed by atoms with Crippen molar-refractivity contribution in [3.63, 3.8) is 0 Å². The van der Waals surface area contributed by atoms with Gasteiger partial charge < -0.3 is 0 Å². The molecule has 0 radical (unpaired) electrons. The summed E-state index contributed by atoms with van der Waals surface area (Å²) in [4.78, 5) is 12.2. The highest BCUT2D eigenvalue weighted by Crippen LogP contribution is 2.15. The topological polar surface area (TPSA) is 17.1 Å². The van der Waals surface area contributed by atoms with Crippen LogP contribution >= 0.6 is 0 Å². The first-order valence-corrected chi connectivity index (χ1v) is 7.92. The molecular formula is C23H18O. The zero-order valence-corrected chi connectivity index (χ0v) is 13.3. The molecule has 116 valence electrons. The fourth-order valence-corrected chi connectivity index (χ4v) is 2.43. The second-order valence-corrected chi connectivity index (χ2v) is 5.44. The van der Waals surface area contributed by atoms with Crippen LogP contribution in [0, 0.1) is 0 Å². The predicted molar refractivity (Wildman–Crippen MR) is 102 cm³/mol. The summed E-state index contributed by atoms with van der Waals surface area (Å²) in [6.07, 6.45) is 7.65. The number of rotatable bonds is 5. The number of allylic oxidation sites excluding steroid dienone is 1. The average Bonchev–Trinajstić information content (AvgIpc) is 2.66. The van der Waals surface area contributed by atoms with E-state index in [4.69, 9.17) is 0 Å². The Morgan fingerprint density at radius 2 is 1.12 bits per heavy atom. The van der Waals surface area contributed by atoms with Crippen molar-refractivity contribution in [1.29, 1.82) is 0 Å². The van der Waals surface area contributed by atoms with Crippen molar-refractivity contribution in [3.05, 3.63) is 113 Å². The lowest BCUT2D eigenvalue weighted by Gasteiger charge is -2.01. The van der Waals surface area contributed by atoms with E-state index in [1.165, 1.54) is 0 Å². The van der Waals surface area contributed by atoms with E-state index >= 15 is 0 Å². The van der Waals surface area contributed by atoms with E-state index in [0.717, 1.165) is 16.7 Å². The van der Waals surface area contributed by atoms with Crippen LogP contribution in [0.5, 0.6) is 0 Å². The third-order valence-corrected chi connectivity index (χ3v) is 3.72. The van der Waals surface area contributed by atoms with Gasteiger partial charge in [-0.25, -0.2) is 0 Å². The lowest BCUT2D eigenvalue weighted by atomic mass is 10.0. The van der Waals surface area contributed by atoms with Crippen LogP contribution in [0.2, 0.25) is 0 Å². The van der Waals surface area contributed by atoms with Crippen molar-refractivity contribution in [1.82, 2.24) is 0 Å². The Hall–Kier alpha value is -3.19. The van der Waals surface area contributed by atoms with Gasteiger partial charge in [0, 0.05) is 5.56 Å². The molecule has 0 heterocycles. The molecular weight excluding hydrogens is 292 g/mol. The summed E-state index contributed by atoms with van der Waals surface area (Å²) in [6, 6.07) is 27.5. The maximum atomic E-state index is 12.2. The Morgan fingerprint density at radius 1 is 0.583 bits per heavy atom. The Balaban J connectivity index is 1.81. The van der Waals surface area contributed by atoms with Gasteiger partial charge in [-0.15, -0.1) is 0 Å². The fourth-order valence-electron chi connectivity index (χ4n) is 2.43. The second-order valence-electron chi connectivity index (χ2n) is 5.44. The number of ketones is 1. The molecule has 0 aliphatic heterocycles. The molecule has 0 aromatic heterocycles. The number of carbonyl (C=O) groups is 1. The zero-order valence-electron chi connectivity index (χ0n) is 13.3. The summed E-state index contributed by atoms with van der Waals surface area (Å²) in [6.45, 7) is 0. The molecule has 3 aromatic rings. The van der Waals surface area contributed by atoms with Gasteiger partial charge in [0.25, 0.3) is 0 Å². The second kappa shape index (κ2) is 7.89. The number of benzene rings is 3. The lowest BCUT2D eigenvalue weighted by molar-refractivity contribution is 0.104. The summed E-state index contributed by atoms with van der Waals surface area (Å²) in [7, 11) is 0. The van der Waals surface area contributed by atoms with Gasteiger partial charge in [-0.3, -0.25) is 4.79 Å². The van der Waals surface area contributed by atoms with E-state index in [0.29, 0.717) is 5.56 Å². The number of hydrogen-bond acceptors (Lipinski definition) is 1. The van der Waals surface area contributed by atoms with Crippen LogP contribution in [-0.2, 0) is 0 Å². The molecule has 0 N–H and O–H groups in total. The molecule has 0 amide bonds. The summed E-state index contributed by atoms with van der Waals surface area (Å²) in [5.41, 5.74) is 3.95. The van der Waals surface area contributed by atoms with Gasteiger partial charge in [0.2, 0.25) is 0 Å². The van der Waals surface area contributed by atoms with E-state index in [2.05, 4.69) is 24.3 Å². The van der Waals surface area contributed by atoms with Crippen molar-refractivity contribution in [2.45, 2.75) is 0 Å². The molecule has 0 aliphatic rings. The Kier molecular flexibility index (Phi) is 5.16. The Labute approximate surface area is 142 Å². The monoisotopic (exact) mass is 310 g/mol. The van der Waals surface area contributed by atoms with E-state index in [-0.39, 0.29) is 5.78 Å². The van der Waals surface area contributed by atoms with Gasteiger partial charge in [-0.1, -0.05) is 103 Å².